The van der Waals surface area contributed by atoms with Gasteiger partial charge in [-0.1, -0.05) is 11.6 Å². The highest BCUT2D eigenvalue weighted by atomic mass is 35.5. The summed E-state index contributed by atoms with van der Waals surface area (Å²) in [5.74, 6) is 1.18. The van der Waals surface area contributed by atoms with Crippen LogP contribution in [-0.4, -0.2) is 8.42 Å². The van der Waals surface area contributed by atoms with Crippen LogP contribution in [-0.2, 0) is 9.84 Å². The molecule has 0 saturated heterocycles. The lowest BCUT2D eigenvalue weighted by Crippen LogP contribution is -2.01. The van der Waals surface area contributed by atoms with E-state index in [0.29, 0.717) is 22.2 Å². The minimum Gasteiger partial charge on any atom is -0.457 e. The normalized spacial score (nSPS) is 11.3. The number of hydrogen-bond donors (Lipinski definition) is 1. The predicted molar refractivity (Wildman–Crippen MR) is 99.0 cm³/mol. The van der Waals surface area contributed by atoms with Gasteiger partial charge >= 0.3 is 0 Å². The number of ether oxygens (including phenoxy) is 1. The molecule has 0 atom stereocenters. The Balaban J connectivity index is 1.84. The molecule has 0 aliphatic carbocycles. The van der Waals surface area contributed by atoms with E-state index < -0.39 is 9.84 Å². The van der Waals surface area contributed by atoms with Crippen LogP contribution < -0.4 is 10.5 Å². The molecule has 4 nitrogen and oxygen atoms in total. The van der Waals surface area contributed by atoms with Crippen molar-refractivity contribution < 1.29 is 13.2 Å². The highest BCUT2D eigenvalue weighted by molar-refractivity contribution is 7.91. The lowest BCUT2D eigenvalue weighted by molar-refractivity contribution is 0.482. The smallest absolute Gasteiger partial charge is 0.206 e. The van der Waals surface area contributed by atoms with Gasteiger partial charge in [0.2, 0.25) is 9.84 Å². The highest BCUT2D eigenvalue weighted by Crippen LogP contribution is 2.28. The summed E-state index contributed by atoms with van der Waals surface area (Å²) < 4.78 is 30.9. The Kier molecular flexibility index (Phi) is 4.70. The van der Waals surface area contributed by atoms with E-state index in [-0.39, 0.29) is 9.79 Å². The van der Waals surface area contributed by atoms with Crippen LogP contribution in [0.1, 0.15) is 5.56 Å². The second-order valence-corrected chi connectivity index (χ2v) is 7.94. The molecule has 0 aliphatic rings. The van der Waals surface area contributed by atoms with Gasteiger partial charge in [0, 0.05) is 10.7 Å². The van der Waals surface area contributed by atoms with E-state index in [2.05, 4.69) is 0 Å². The molecule has 128 valence electrons. The molecule has 0 saturated carbocycles. The van der Waals surface area contributed by atoms with Crippen molar-refractivity contribution in [3.05, 3.63) is 77.3 Å². The molecule has 0 fully saturated rings. The van der Waals surface area contributed by atoms with Gasteiger partial charge in [-0.25, -0.2) is 8.42 Å². The highest BCUT2D eigenvalue weighted by Gasteiger charge is 2.17. The zero-order valence-corrected chi connectivity index (χ0v) is 15.0. The molecular weight excluding hydrogens is 358 g/mol. The molecule has 25 heavy (non-hydrogen) atoms. The Bertz CT molecular complexity index is 998. The maximum Gasteiger partial charge on any atom is 0.206 e. The van der Waals surface area contributed by atoms with Crippen LogP contribution in [0.4, 0.5) is 5.69 Å². The van der Waals surface area contributed by atoms with Crippen molar-refractivity contribution in [2.45, 2.75) is 16.7 Å². The Labute approximate surface area is 151 Å². The first-order chi connectivity index (χ1) is 11.9. The summed E-state index contributed by atoms with van der Waals surface area (Å²) in [5, 5.41) is 0.487. The lowest BCUT2D eigenvalue weighted by Gasteiger charge is -2.09. The van der Waals surface area contributed by atoms with E-state index in [1.54, 1.807) is 36.4 Å². The molecule has 0 aromatic heterocycles. The van der Waals surface area contributed by atoms with E-state index in [1.807, 2.05) is 13.0 Å². The summed E-state index contributed by atoms with van der Waals surface area (Å²) in [6.07, 6.45) is 0. The number of aryl methyl sites for hydroxylation is 1. The number of sulfone groups is 1. The topological polar surface area (TPSA) is 69.4 Å². The Morgan fingerprint density at radius 3 is 1.92 bits per heavy atom. The van der Waals surface area contributed by atoms with Gasteiger partial charge in [-0.3, -0.25) is 0 Å². The quantitative estimate of drug-likeness (QED) is 0.663. The average molecular weight is 374 g/mol. The number of hydrogen-bond acceptors (Lipinski definition) is 4. The zero-order chi connectivity index (χ0) is 18.0. The molecule has 3 aromatic rings. The first-order valence-corrected chi connectivity index (χ1v) is 9.37. The van der Waals surface area contributed by atoms with Crippen molar-refractivity contribution in [1.29, 1.82) is 0 Å². The summed E-state index contributed by atoms with van der Waals surface area (Å²) in [4.78, 5) is 0.385. The number of benzene rings is 3. The van der Waals surface area contributed by atoms with Gasteiger partial charge in [-0.2, -0.15) is 0 Å². The van der Waals surface area contributed by atoms with Crippen molar-refractivity contribution in [2.75, 3.05) is 5.73 Å². The fourth-order valence-electron chi connectivity index (χ4n) is 2.28. The zero-order valence-electron chi connectivity index (χ0n) is 13.4. The monoisotopic (exact) mass is 373 g/mol. The molecule has 0 unspecified atom stereocenters. The largest absolute Gasteiger partial charge is 0.457 e. The van der Waals surface area contributed by atoms with Crippen LogP contribution in [0.25, 0.3) is 0 Å². The van der Waals surface area contributed by atoms with E-state index >= 15 is 0 Å². The average Bonchev–Trinajstić information content (AvgIpc) is 2.59. The standard InChI is InChI=1S/C19H16ClNO3S/c1-13-12-16(6-11-19(13)21)24-15-4-9-18(10-5-15)25(22,23)17-7-2-14(20)3-8-17/h2-12H,21H2,1H3. The van der Waals surface area contributed by atoms with Gasteiger partial charge in [0.05, 0.1) is 9.79 Å². The maximum atomic E-state index is 12.6. The van der Waals surface area contributed by atoms with Crippen LogP contribution in [0, 0.1) is 6.92 Å². The Morgan fingerprint density at radius 2 is 1.36 bits per heavy atom. The third kappa shape index (κ3) is 3.78. The summed E-state index contributed by atoms with van der Waals surface area (Å²) in [6.45, 7) is 1.89. The van der Waals surface area contributed by atoms with Crippen LogP contribution >= 0.6 is 11.6 Å². The minimum absolute atomic E-state index is 0.190. The molecule has 0 spiro atoms. The third-order valence-electron chi connectivity index (χ3n) is 3.73. The molecule has 2 N–H and O–H groups in total. The lowest BCUT2D eigenvalue weighted by atomic mass is 10.2. The van der Waals surface area contributed by atoms with Crippen molar-refractivity contribution in [3.8, 4) is 11.5 Å². The van der Waals surface area contributed by atoms with Gasteiger partial charge in [-0.05, 0) is 79.2 Å². The number of rotatable bonds is 4. The van der Waals surface area contributed by atoms with E-state index in [1.165, 1.54) is 24.3 Å². The van der Waals surface area contributed by atoms with Crippen LogP contribution in [0.15, 0.2) is 76.5 Å². The summed E-state index contributed by atoms with van der Waals surface area (Å²) in [5.41, 5.74) is 7.39. The fraction of sp³-hybridized carbons (Fsp3) is 0.0526. The SMILES string of the molecule is Cc1cc(Oc2ccc(S(=O)(=O)c3ccc(Cl)cc3)cc2)ccc1N. The molecule has 3 rings (SSSR count). The predicted octanol–water partition coefficient (Wildman–Crippen LogP) is 4.86. The minimum atomic E-state index is -3.59. The molecule has 0 amide bonds. The van der Waals surface area contributed by atoms with Crippen LogP contribution in [0.5, 0.6) is 11.5 Å². The van der Waals surface area contributed by atoms with Gasteiger partial charge in [0.25, 0.3) is 0 Å². The number of halogens is 1. The van der Waals surface area contributed by atoms with Crippen LogP contribution in [0.2, 0.25) is 5.02 Å². The van der Waals surface area contributed by atoms with Gasteiger partial charge in [0.15, 0.2) is 0 Å². The van der Waals surface area contributed by atoms with Crippen molar-refractivity contribution in [1.82, 2.24) is 0 Å². The number of anilines is 1. The molecule has 0 heterocycles. The first kappa shape index (κ1) is 17.3. The Hall–Kier alpha value is -2.50. The van der Waals surface area contributed by atoms with Crippen LogP contribution in [0.3, 0.4) is 0 Å². The molecule has 6 heteroatoms. The van der Waals surface area contributed by atoms with Crippen molar-refractivity contribution >= 4 is 27.1 Å². The summed E-state index contributed by atoms with van der Waals surface area (Å²) >= 11 is 5.81. The number of nitrogens with two attached hydrogens (primary N) is 1. The van der Waals surface area contributed by atoms with E-state index in [4.69, 9.17) is 22.1 Å². The van der Waals surface area contributed by atoms with E-state index in [0.717, 1.165) is 5.56 Å². The summed E-state index contributed by atoms with van der Waals surface area (Å²) in [7, 11) is -3.59. The van der Waals surface area contributed by atoms with Gasteiger partial charge in [0.1, 0.15) is 11.5 Å². The van der Waals surface area contributed by atoms with E-state index in [9.17, 15) is 8.42 Å². The summed E-state index contributed by atoms with van der Waals surface area (Å²) in [6, 6.07) is 17.7. The number of nitrogen functional groups attached to an aromatic ring is 1. The molecule has 3 aromatic carbocycles. The third-order valence-corrected chi connectivity index (χ3v) is 5.77. The van der Waals surface area contributed by atoms with Gasteiger partial charge < -0.3 is 10.5 Å². The molecule has 0 bridgehead atoms. The molecule has 0 radical (unpaired) electrons. The Morgan fingerprint density at radius 1 is 0.840 bits per heavy atom. The van der Waals surface area contributed by atoms with Crippen molar-refractivity contribution in [3.63, 3.8) is 0 Å². The molecular formula is C19H16ClNO3S. The van der Waals surface area contributed by atoms with Gasteiger partial charge in [-0.15, -0.1) is 0 Å². The molecule has 0 aliphatic heterocycles. The fourth-order valence-corrected chi connectivity index (χ4v) is 3.67. The maximum absolute atomic E-state index is 12.6. The second kappa shape index (κ2) is 6.78. The first-order valence-electron chi connectivity index (χ1n) is 7.51. The van der Waals surface area contributed by atoms with Crippen molar-refractivity contribution in [2.24, 2.45) is 0 Å². The second-order valence-electron chi connectivity index (χ2n) is 5.55.